The number of aromatic nitrogens is 1. The van der Waals surface area contributed by atoms with Crippen molar-refractivity contribution >= 4 is 22.5 Å². The van der Waals surface area contributed by atoms with Crippen LogP contribution in [0.4, 0.5) is 9.93 Å². The van der Waals surface area contributed by atoms with Gasteiger partial charge in [0, 0.05) is 11.6 Å². The van der Waals surface area contributed by atoms with Gasteiger partial charge in [-0.05, 0) is 0 Å². The number of carbonyl (C=O) groups excluding carboxylic acids is 1. The highest BCUT2D eigenvalue weighted by molar-refractivity contribution is 7.13. The predicted octanol–water partition coefficient (Wildman–Crippen LogP) is 0.458. The van der Waals surface area contributed by atoms with E-state index in [4.69, 9.17) is 5.73 Å². The summed E-state index contributed by atoms with van der Waals surface area (Å²) in [6.45, 7) is 0. The Morgan fingerprint density at radius 1 is 1.89 bits per heavy atom. The zero-order chi connectivity index (χ0) is 6.69. The lowest BCUT2D eigenvalue weighted by atomic mass is 10.9. The Morgan fingerprint density at radius 2 is 2.67 bits per heavy atom. The summed E-state index contributed by atoms with van der Waals surface area (Å²) in [5.41, 5.74) is 4.74. The first-order chi connectivity index (χ1) is 4.29. The van der Waals surface area contributed by atoms with E-state index >= 15 is 0 Å². The number of nitrogens with two attached hydrogens (primary N) is 1. The van der Waals surface area contributed by atoms with Gasteiger partial charge in [0.15, 0.2) is 0 Å². The van der Waals surface area contributed by atoms with Gasteiger partial charge in [-0.1, -0.05) is 0 Å². The first-order valence-electron chi connectivity index (χ1n) is 2.19. The molecule has 5 heteroatoms. The lowest BCUT2D eigenvalue weighted by molar-refractivity contribution is 0.252. The van der Waals surface area contributed by atoms with Crippen LogP contribution in [-0.4, -0.2) is 11.0 Å². The van der Waals surface area contributed by atoms with Gasteiger partial charge in [-0.25, -0.2) is 9.78 Å². The van der Waals surface area contributed by atoms with Gasteiger partial charge in [-0.15, -0.1) is 11.3 Å². The molecular formula is C4H4N3OS. The van der Waals surface area contributed by atoms with Crippen LogP contribution in [0.1, 0.15) is 0 Å². The van der Waals surface area contributed by atoms with E-state index in [0.717, 1.165) is 0 Å². The first-order valence-corrected chi connectivity index (χ1v) is 3.07. The fraction of sp³-hybridized carbons (Fsp3) is 0. The van der Waals surface area contributed by atoms with Crippen molar-refractivity contribution in [3.8, 4) is 0 Å². The minimum Gasteiger partial charge on any atom is -0.350 e. The molecule has 4 nitrogen and oxygen atoms in total. The second-order valence-electron chi connectivity index (χ2n) is 1.26. The van der Waals surface area contributed by atoms with Gasteiger partial charge in [-0.3, -0.25) is 0 Å². The molecule has 0 aliphatic rings. The van der Waals surface area contributed by atoms with Gasteiger partial charge < -0.3 is 5.73 Å². The molecule has 9 heavy (non-hydrogen) atoms. The Balaban J connectivity index is 2.58. The number of urea groups is 1. The van der Waals surface area contributed by atoms with Crippen molar-refractivity contribution in [2.75, 3.05) is 0 Å². The zero-order valence-corrected chi connectivity index (χ0v) is 5.26. The van der Waals surface area contributed by atoms with Crippen LogP contribution in [0, 0.1) is 0 Å². The molecule has 0 aromatic carbocycles. The molecular weight excluding hydrogens is 138 g/mol. The van der Waals surface area contributed by atoms with Crippen LogP contribution in [0.2, 0.25) is 0 Å². The summed E-state index contributed by atoms with van der Waals surface area (Å²) in [6.07, 6.45) is 1.56. The molecule has 2 amide bonds. The Bertz CT molecular complexity index is 196. The lowest BCUT2D eigenvalue weighted by Gasteiger charge is -1.85. The summed E-state index contributed by atoms with van der Waals surface area (Å²) in [4.78, 5) is 13.8. The number of primary amides is 1. The molecule has 0 unspecified atom stereocenters. The minimum absolute atomic E-state index is 0.405. The van der Waals surface area contributed by atoms with Crippen molar-refractivity contribution in [1.29, 1.82) is 0 Å². The molecule has 0 aliphatic carbocycles. The Kier molecular flexibility index (Phi) is 1.64. The summed E-state index contributed by atoms with van der Waals surface area (Å²) in [5, 5.41) is 5.49. The zero-order valence-electron chi connectivity index (χ0n) is 4.44. The smallest absolute Gasteiger partial charge is 0.341 e. The molecule has 0 bridgehead atoms. The lowest BCUT2D eigenvalue weighted by Crippen LogP contribution is -2.17. The average Bonchev–Trinajstić information content (AvgIpc) is 2.15. The van der Waals surface area contributed by atoms with E-state index in [2.05, 4.69) is 10.3 Å². The molecule has 2 N–H and O–H groups in total. The standard InChI is InChI=1S/C4H4N3OS/c5-3(8)7-4-6-1-2-9-4/h1-2H,(H2,5,8). The third-order valence-electron chi connectivity index (χ3n) is 0.625. The monoisotopic (exact) mass is 142 g/mol. The van der Waals surface area contributed by atoms with Crippen LogP contribution in [0.25, 0.3) is 0 Å². The molecule has 1 aromatic rings. The van der Waals surface area contributed by atoms with E-state index in [1.165, 1.54) is 11.3 Å². The van der Waals surface area contributed by atoms with Crippen LogP contribution in [0.15, 0.2) is 11.6 Å². The second kappa shape index (κ2) is 2.45. The van der Waals surface area contributed by atoms with Crippen molar-refractivity contribution in [3.63, 3.8) is 0 Å². The van der Waals surface area contributed by atoms with Crippen molar-refractivity contribution in [2.45, 2.75) is 0 Å². The highest BCUT2D eigenvalue weighted by atomic mass is 32.1. The Hall–Kier alpha value is -1.10. The second-order valence-corrected chi connectivity index (χ2v) is 2.14. The van der Waals surface area contributed by atoms with Crippen molar-refractivity contribution < 1.29 is 4.79 Å². The van der Waals surface area contributed by atoms with Gasteiger partial charge >= 0.3 is 6.03 Å². The van der Waals surface area contributed by atoms with E-state index in [1.807, 2.05) is 0 Å². The number of hydrogen-bond acceptors (Lipinski definition) is 3. The highest BCUT2D eigenvalue weighted by Crippen LogP contribution is 2.08. The Labute approximate surface area is 55.7 Å². The minimum atomic E-state index is -0.704. The van der Waals surface area contributed by atoms with E-state index in [9.17, 15) is 4.79 Å². The summed E-state index contributed by atoms with van der Waals surface area (Å²) in [6, 6.07) is -0.704. The van der Waals surface area contributed by atoms with Crippen LogP contribution < -0.4 is 11.1 Å². The fourth-order valence-electron chi connectivity index (χ4n) is 0.365. The van der Waals surface area contributed by atoms with Crippen molar-refractivity contribution in [1.82, 2.24) is 10.3 Å². The maximum absolute atomic E-state index is 10.1. The van der Waals surface area contributed by atoms with Crippen molar-refractivity contribution in [2.24, 2.45) is 5.73 Å². The van der Waals surface area contributed by atoms with Crippen molar-refractivity contribution in [3.05, 3.63) is 11.6 Å². The normalized spacial score (nSPS) is 8.89. The number of amides is 2. The molecule has 0 fully saturated rings. The van der Waals surface area contributed by atoms with Crippen LogP contribution in [-0.2, 0) is 0 Å². The topological polar surface area (TPSA) is 70.1 Å². The number of carbonyl (C=O) groups is 1. The third kappa shape index (κ3) is 1.69. The molecule has 0 saturated carbocycles. The number of hydrogen-bond donors (Lipinski definition) is 1. The SMILES string of the molecule is NC(=O)[N]c1nccs1. The maximum Gasteiger partial charge on any atom is 0.341 e. The highest BCUT2D eigenvalue weighted by Gasteiger charge is 1.98. The maximum atomic E-state index is 10.1. The fourth-order valence-corrected chi connectivity index (χ4v) is 0.873. The molecule has 1 heterocycles. The average molecular weight is 142 g/mol. The molecule has 0 aliphatic heterocycles. The molecule has 1 radical (unpaired) electrons. The van der Waals surface area contributed by atoms with Crippen LogP contribution in [0.5, 0.6) is 0 Å². The first kappa shape index (κ1) is 6.03. The predicted molar refractivity (Wildman–Crippen MR) is 33.5 cm³/mol. The van der Waals surface area contributed by atoms with E-state index in [-0.39, 0.29) is 0 Å². The Morgan fingerprint density at radius 3 is 3.11 bits per heavy atom. The third-order valence-corrected chi connectivity index (χ3v) is 1.29. The number of nitrogens with zero attached hydrogens (tertiary/aromatic N) is 2. The quantitative estimate of drug-likeness (QED) is 0.618. The molecule has 1 aromatic heterocycles. The van der Waals surface area contributed by atoms with Gasteiger partial charge in [0.1, 0.15) is 0 Å². The van der Waals surface area contributed by atoms with Gasteiger partial charge in [-0.2, -0.15) is 5.32 Å². The molecule has 47 valence electrons. The molecule has 0 atom stereocenters. The summed E-state index contributed by atoms with van der Waals surface area (Å²) in [5.74, 6) is 0. The molecule has 0 spiro atoms. The number of thiazole rings is 1. The summed E-state index contributed by atoms with van der Waals surface area (Å²) >= 11 is 1.27. The van der Waals surface area contributed by atoms with E-state index in [1.54, 1.807) is 11.6 Å². The van der Waals surface area contributed by atoms with Crippen LogP contribution in [0.3, 0.4) is 0 Å². The largest absolute Gasteiger partial charge is 0.350 e. The number of rotatable bonds is 1. The van der Waals surface area contributed by atoms with Gasteiger partial charge in [0.25, 0.3) is 0 Å². The van der Waals surface area contributed by atoms with E-state index in [0.29, 0.717) is 5.13 Å². The van der Waals surface area contributed by atoms with E-state index < -0.39 is 6.03 Å². The molecule has 1 rings (SSSR count). The molecule has 0 saturated heterocycles. The van der Waals surface area contributed by atoms with Gasteiger partial charge in [0.05, 0.1) is 0 Å². The summed E-state index contributed by atoms with van der Waals surface area (Å²) in [7, 11) is 0. The van der Waals surface area contributed by atoms with Crippen LogP contribution >= 0.6 is 11.3 Å². The van der Waals surface area contributed by atoms with Gasteiger partial charge in [0.2, 0.25) is 5.13 Å². The summed E-state index contributed by atoms with van der Waals surface area (Å²) < 4.78 is 0.